The molecule has 1 aromatic heterocycles. The highest BCUT2D eigenvalue weighted by atomic mass is 32.2. The van der Waals surface area contributed by atoms with Crippen LogP contribution in [0.15, 0.2) is 18.7 Å². The minimum absolute atomic E-state index is 0.0759. The van der Waals surface area contributed by atoms with Gasteiger partial charge in [-0.2, -0.15) is 5.10 Å². The molecule has 0 radical (unpaired) electrons. The monoisotopic (exact) mass is 336 g/mol. The summed E-state index contributed by atoms with van der Waals surface area (Å²) in [4.78, 5) is 25.9. The quantitative estimate of drug-likeness (QED) is 0.855. The number of nitrogens with one attached hydrogen (secondary N) is 1. The number of carbonyl (C=O) groups is 2. The van der Waals surface area contributed by atoms with Gasteiger partial charge in [0, 0.05) is 37.4 Å². The lowest BCUT2D eigenvalue weighted by atomic mass is 9.92. The fourth-order valence-corrected chi connectivity index (χ4v) is 3.40. The second-order valence-corrected chi connectivity index (χ2v) is 7.94. The lowest BCUT2D eigenvalue weighted by Crippen LogP contribution is -2.45. The Morgan fingerprint density at radius 1 is 1.48 bits per heavy atom. The summed E-state index contributed by atoms with van der Waals surface area (Å²) in [5, 5.41) is 7.10. The lowest BCUT2D eigenvalue weighted by molar-refractivity contribution is -0.126. The van der Waals surface area contributed by atoms with Crippen molar-refractivity contribution in [3.63, 3.8) is 0 Å². The molecule has 2 rings (SSSR count). The van der Waals surface area contributed by atoms with Crippen LogP contribution >= 0.6 is 11.8 Å². The fraction of sp³-hybridized carbons (Fsp3) is 0.562. The van der Waals surface area contributed by atoms with Crippen LogP contribution in [0, 0.1) is 0 Å². The summed E-state index contributed by atoms with van der Waals surface area (Å²) in [6.45, 7) is 10.8. The Hall–Kier alpha value is -1.76. The molecule has 0 bridgehead atoms. The van der Waals surface area contributed by atoms with E-state index in [1.807, 2.05) is 13.1 Å². The summed E-state index contributed by atoms with van der Waals surface area (Å²) in [5.41, 5.74) is 0.850. The van der Waals surface area contributed by atoms with E-state index in [0.29, 0.717) is 18.9 Å². The molecule has 0 spiro atoms. The van der Waals surface area contributed by atoms with Crippen molar-refractivity contribution >= 4 is 29.4 Å². The molecule has 0 aliphatic carbocycles. The van der Waals surface area contributed by atoms with Crippen molar-refractivity contribution in [1.29, 1.82) is 0 Å². The minimum Gasteiger partial charge on any atom is -0.337 e. The molecule has 7 heteroatoms. The van der Waals surface area contributed by atoms with Crippen LogP contribution < -0.4 is 5.32 Å². The Bertz CT molecular complexity index is 618. The third-order valence-corrected chi connectivity index (χ3v) is 4.93. The summed E-state index contributed by atoms with van der Waals surface area (Å²) in [6.07, 6.45) is 1.29. The Labute approximate surface area is 141 Å². The van der Waals surface area contributed by atoms with Crippen LogP contribution in [0.25, 0.3) is 0 Å². The molecule has 1 unspecified atom stereocenters. The first-order valence-electron chi connectivity index (χ1n) is 7.60. The maximum atomic E-state index is 12.5. The second-order valence-electron chi connectivity index (χ2n) is 6.63. The highest BCUT2D eigenvalue weighted by Crippen LogP contribution is 2.25. The third-order valence-electron chi connectivity index (χ3n) is 3.74. The number of aromatic nitrogens is 2. The van der Waals surface area contributed by atoms with Gasteiger partial charge in [-0.15, -0.1) is 11.8 Å². The van der Waals surface area contributed by atoms with Crippen LogP contribution in [-0.4, -0.2) is 50.6 Å². The smallest absolute Gasteiger partial charge is 0.246 e. The van der Waals surface area contributed by atoms with E-state index in [-0.39, 0.29) is 22.5 Å². The first-order chi connectivity index (χ1) is 10.7. The van der Waals surface area contributed by atoms with Gasteiger partial charge >= 0.3 is 0 Å². The van der Waals surface area contributed by atoms with Gasteiger partial charge in [0.2, 0.25) is 11.8 Å². The van der Waals surface area contributed by atoms with Crippen molar-refractivity contribution in [3.8, 4) is 0 Å². The van der Waals surface area contributed by atoms with Crippen molar-refractivity contribution in [2.24, 2.45) is 7.05 Å². The first kappa shape index (κ1) is 17.6. The van der Waals surface area contributed by atoms with Crippen LogP contribution in [0.2, 0.25) is 0 Å². The number of thioether (sulfide) groups is 1. The summed E-state index contributed by atoms with van der Waals surface area (Å²) in [7, 11) is 1.81. The van der Waals surface area contributed by atoms with Crippen LogP contribution in [-0.2, 0) is 22.1 Å². The SMILES string of the molecule is C=CC(=O)N1CCSC(C(=O)Nc2cc(C(C)(C)C)nn2C)C1. The number of nitrogens with zero attached hydrogens (tertiary/aromatic N) is 3. The maximum absolute atomic E-state index is 12.5. The van der Waals surface area contributed by atoms with Crippen LogP contribution in [0.4, 0.5) is 5.82 Å². The van der Waals surface area contributed by atoms with Crippen molar-refractivity contribution in [2.75, 3.05) is 24.2 Å². The van der Waals surface area contributed by atoms with E-state index in [4.69, 9.17) is 0 Å². The largest absolute Gasteiger partial charge is 0.337 e. The fourth-order valence-electron chi connectivity index (χ4n) is 2.29. The molecule has 1 aliphatic rings. The number of amides is 2. The van der Waals surface area contributed by atoms with Crippen LogP contribution in [0.3, 0.4) is 0 Å². The highest BCUT2D eigenvalue weighted by Gasteiger charge is 2.29. The molecule has 2 amide bonds. The van der Waals surface area contributed by atoms with Gasteiger partial charge in [-0.3, -0.25) is 14.3 Å². The number of hydrogen-bond acceptors (Lipinski definition) is 4. The number of anilines is 1. The Morgan fingerprint density at radius 2 is 2.17 bits per heavy atom. The van der Waals surface area contributed by atoms with E-state index in [1.165, 1.54) is 6.08 Å². The molecule has 1 aromatic rings. The van der Waals surface area contributed by atoms with Gasteiger partial charge in [0.25, 0.3) is 0 Å². The lowest BCUT2D eigenvalue weighted by Gasteiger charge is -2.30. The van der Waals surface area contributed by atoms with Crippen LogP contribution in [0.1, 0.15) is 26.5 Å². The van der Waals surface area contributed by atoms with Crippen molar-refractivity contribution < 1.29 is 9.59 Å². The predicted molar refractivity (Wildman–Crippen MR) is 93.6 cm³/mol. The highest BCUT2D eigenvalue weighted by molar-refractivity contribution is 8.00. The van der Waals surface area contributed by atoms with Gasteiger partial charge < -0.3 is 10.2 Å². The molecular weight excluding hydrogens is 312 g/mol. The average molecular weight is 336 g/mol. The maximum Gasteiger partial charge on any atom is 0.246 e. The molecule has 23 heavy (non-hydrogen) atoms. The second kappa shape index (κ2) is 6.78. The summed E-state index contributed by atoms with van der Waals surface area (Å²) in [5.74, 6) is 1.20. The Kier molecular flexibility index (Phi) is 5.19. The molecule has 1 aliphatic heterocycles. The van der Waals surface area contributed by atoms with E-state index < -0.39 is 0 Å². The minimum atomic E-state index is -0.277. The predicted octanol–water partition coefficient (Wildman–Crippen LogP) is 1.79. The summed E-state index contributed by atoms with van der Waals surface area (Å²) < 4.78 is 1.68. The van der Waals surface area contributed by atoms with E-state index in [0.717, 1.165) is 11.4 Å². The van der Waals surface area contributed by atoms with E-state index in [9.17, 15) is 9.59 Å². The van der Waals surface area contributed by atoms with Crippen molar-refractivity contribution in [2.45, 2.75) is 31.4 Å². The number of aryl methyl sites for hydroxylation is 1. The van der Waals surface area contributed by atoms with E-state index >= 15 is 0 Å². The molecule has 1 saturated heterocycles. The Balaban J connectivity index is 2.06. The molecular formula is C16H24N4O2S. The molecule has 1 atom stereocenters. The van der Waals surface area contributed by atoms with E-state index in [2.05, 4.69) is 37.8 Å². The zero-order valence-corrected chi connectivity index (χ0v) is 14.9. The van der Waals surface area contributed by atoms with E-state index in [1.54, 1.807) is 21.3 Å². The third kappa shape index (κ3) is 4.16. The van der Waals surface area contributed by atoms with Gasteiger partial charge in [-0.05, 0) is 6.08 Å². The summed E-state index contributed by atoms with van der Waals surface area (Å²) in [6, 6.07) is 1.90. The number of rotatable bonds is 3. The van der Waals surface area contributed by atoms with Crippen molar-refractivity contribution in [1.82, 2.24) is 14.7 Å². The van der Waals surface area contributed by atoms with Crippen LogP contribution in [0.5, 0.6) is 0 Å². The molecule has 126 valence electrons. The van der Waals surface area contributed by atoms with Crippen molar-refractivity contribution in [3.05, 3.63) is 24.4 Å². The normalized spacial score (nSPS) is 18.6. The van der Waals surface area contributed by atoms with Gasteiger partial charge in [-0.1, -0.05) is 27.4 Å². The average Bonchev–Trinajstić information content (AvgIpc) is 2.88. The topological polar surface area (TPSA) is 67.2 Å². The molecule has 6 nitrogen and oxygen atoms in total. The van der Waals surface area contributed by atoms with Gasteiger partial charge in [0.15, 0.2) is 0 Å². The molecule has 1 N–H and O–H groups in total. The number of carbonyl (C=O) groups excluding carboxylic acids is 2. The summed E-state index contributed by atoms with van der Waals surface area (Å²) >= 11 is 1.57. The standard InChI is InChI=1S/C16H24N4O2S/c1-6-14(21)20-7-8-23-11(10-20)15(22)17-13-9-12(16(2,3)4)18-19(13)5/h6,9,11H,1,7-8,10H2,2-5H3,(H,17,22). The zero-order chi connectivity index (χ0) is 17.2. The van der Waals surface area contributed by atoms with Gasteiger partial charge in [-0.25, -0.2) is 0 Å². The molecule has 1 fully saturated rings. The Morgan fingerprint density at radius 3 is 2.74 bits per heavy atom. The van der Waals surface area contributed by atoms with Gasteiger partial charge in [0.05, 0.1) is 5.69 Å². The molecule has 0 saturated carbocycles. The first-order valence-corrected chi connectivity index (χ1v) is 8.65. The number of hydrogen-bond donors (Lipinski definition) is 1. The zero-order valence-electron chi connectivity index (χ0n) is 14.1. The molecule has 2 heterocycles. The van der Waals surface area contributed by atoms with Gasteiger partial charge in [0.1, 0.15) is 11.1 Å². The molecule has 0 aromatic carbocycles.